The highest BCUT2D eigenvalue weighted by Gasteiger charge is 2.32. The van der Waals surface area contributed by atoms with Crippen molar-refractivity contribution in [3.63, 3.8) is 0 Å². The summed E-state index contributed by atoms with van der Waals surface area (Å²) in [5.41, 5.74) is 0.895. The Morgan fingerprint density at radius 2 is 1.58 bits per heavy atom. The maximum atomic E-state index is 13.7. The number of likely N-dealkylation sites (tertiary alicyclic amines) is 1. The number of carbonyl (C=O) groups excluding carboxylic acids is 1. The number of hydrogen-bond acceptors (Lipinski definition) is 6. The highest BCUT2D eigenvalue weighted by Crippen LogP contribution is 2.35. The first kappa shape index (κ1) is 23.7. The molecule has 1 aromatic heterocycles. The lowest BCUT2D eigenvalue weighted by molar-refractivity contribution is -0.384. The number of hydrogen-bond donors (Lipinski definition) is 0. The van der Waals surface area contributed by atoms with E-state index in [0.29, 0.717) is 24.3 Å². The number of aromatic nitrogens is 2. The third-order valence-electron chi connectivity index (χ3n) is 6.32. The summed E-state index contributed by atoms with van der Waals surface area (Å²) in [5.74, 6) is -0.739. The van der Waals surface area contributed by atoms with Gasteiger partial charge in [-0.05, 0) is 37.0 Å². The molecular weight excluding hydrogens is 480 g/mol. The maximum Gasteiger partial charge on any atom is 0.275 e. The topological polar surface area (TPSA) is 115 Å². The number of nitrogens with zero attached hydrogens (tertiary/aromatic N) is 4. The molecule has 0 aliphatic carbocycles. The Labute approximate surface area is 208 Å². The normalized spacial score (nSPS) is 14.2. The zero-order valence-corrected chi connectivity index (χ0v) is 20.2. The van der Waals surface area contributed by atoms with Crippen LogP contribution in [0, 0.1) is 10.1 Å². The van der Waals surface area contributed by atoms with Crippen molar-refractivity contribution in [2.24, 2.45) is 0 Å². The van der Waals surface area contributed by atoms with Crippen LogP contribution in [0.1, 0.15) is 35.3 Å². The fraction of sp³-hybridized carbons (Fsp3) is 0.231. The lowest BCUT2D eigenvalue weighted by atomic mass is 10.1. The van der Waals surface area contributed by atoms with Gasteiger partial charge in [0, 0.05) is 25.2 Å². The second kappa shape index (κ2) is 9.54. The molecule has 0 N–H and O–H groups in total. The van der Waals surface area contributed by atoms with E-state index in [1.165, 1.54) is 10.7 Å². The van der Waals surface area contributed by atoms with Crippen LogP contribution in [-0.4, -0.2) is 47.0 Å². The molecule has 2 heterocycles. The first-order valence-corrected chi connectivity index (χ1v) is 13.3. The summed E-state index contributed by atoms with van der Waals surface area (Å²) in [4.78, 5) is 26.2. The summed E-state index contributed by atoms with van der Waals surface area (Å²) >= 11 is 0. The predicted molar refractivity (Wildman–Crippen MR) is 135 cm³/mol. The van der Waals surface area contributed by atoms with Crippen LogP contribution in [0.15, 0.2) is 77.7 Å². The number of piperidine rings is 1. The van der Waals surface area contributed by atoms with Crippen molar-refractivity contribution < 1.29 is 18.1 Å². The van der Waals surface area contributed by atoms with Gasteiger partial charge in [-0.15, -0.1) is 0 Å². The van der Waals surface area contributed by atoms with Crippen molar-refractivity contribution in [1.29, 1.82) is 0 Å². The Morgan fingerprint density at radius 1 is 0.944 bits per heavy atom. The number of rotatable bonds is 6. The van der Waals surface area contributed by atoms with Crippen molar-refractivity contribution in [3.05, 3.63) is 94.2 Å². The monoisotopic (exact) mass is 504 g/mol. The summed E-state index contributed by atoms with van der Waals surface area (Å²) in [7, 11) is -4.08. The second-order valence-corrected chi connectivity index (χ2v) is 10.7. The molecule has 0 bridgehead atoms. The third kappa shape index (κ3) is 4.47. The Hall–Kier alpha value is -4.05. The van der Waals surface area contributed by atoms with Gasteiger partial charge in [0.1, 0.15) is 0 Å². The van der Waals surface area contributed by atoms with E-state index >= 15 is 0 Å². The van der Waals surface area contributed by atoms with E-state index in [4.69, 9.17) is 0 Å². The van der Waals surface area contributed by atoms with Gasteiger partial charge in [0.2, 0.25) is 0 Å². The number of carbonyl (C=O) groups is 1. The largest absolute Gasteiger partial charge is 0.337 e. The van der Waals surface area contributed by atoms with E-state index in [1.54, 1.807) is 59.5 Å². The molecular formula is C26H24N4O5S. The minimum Gasteiger partial charge on any atom is -0.337 e. The summed E-state index contributed by atoms with van der Waals surface area (Å²) in [5, 5.41) is 16.5. The van der Waals surface area contributed by atoms with Crippen LogP contribution >= 0.6 is 0 Å². The number of nitro groups is 1. The lowest BCUT2D eigenvalue weighted by Gasteiger charge is -2.26. The Balaban J connectivity index is 1.79. The van der Waals surface area contributed by atoms with E-state index in [-0.39, 0.29) is 38.8 Å². The molecule has 0 atom stereocenters. The van der Waals surface area contributed by atoms with Crippen LogP contribution in [0.2, 0.25) is 0 Å². The van der Waals surface area contributed by atoms with Gasteiger partial charge >= 0.3 is 0 Å². The van der Waals surface area contributed by atoms with E-state index in [0.717, 1.165) is 25.3 Å². The number of sulfone groups is 1. The Bertz CT molecular complexity index is 1540. The molecule has 1 amide bonds. The minimum atomic E-state index is -4.08. The van der Waals surface area contributed by atoms with E-state index in [9.17, 15) is 23.3 Å². The van der Waals surface area contributed by atoms with Crippen molar-refractivity contribution in [3.8, 4) is 5.69 Å². The molecule has 5 rings (SSSR count). The zero-order chi connectivity index (χ0) is 25.3. The van der Waals surface area contributed by atoms with Gasteiger partial charge in [0.15, 0.2) is 15.5 Å². The standard InChI is InChI=1S/C26H24N4O5S/c31-26(28-14-8-3-9-15-28)25-24-22(29(27-25)20-12-6-2-7-13-20)16-21(30(32)33)17-23(24)36(34,35)18-19-10-4-1-5-11-19/h1-2,4-7,10-13,16-17H,3,8-9,14-15,18H2. The predicted octanol–water partition coefficient (Wildman–Crippen LogP) is 4.53. The fourth-order valence-corrected chi connectivity index (χ4v) is 6.18. The van der Waals surface area contributed by atoms with Crippen molar-refractivity contribution in [1.82, 2.24) is 14.7 Å². The van der Waals surface area contributed by atoms with E-state index in [2.05, 4.69) is 5.10 Å². The molecule has 10 heteroatoms. The van der Waals surface area contributed by atoms with Gasteiger partial charge in [-0.25, -0.2) is 13.1 Å². The molecule has 1 aliphatic heterocycles. The molecule has 1 aliphatic rings. The quantitative estimate of drug-likeness (QED) is 0.281. The van der Waals surface area contributed by atoms with Gasteiger partial charge in [-0.1, -0.05) is 48.5 Å². The summed E-state index contributed by atoms with van der Waals surface area (Å²) in [6.45, 7) is 1.11. The molecule has 4 aromatic rings. The van der Waals surface area contributed by atoms with Crippen LogP contribution in [0.5, 0.6) is 0 Å². The number of non-ortho nitro benzene ring substituents is 1. The van der Waals surface area contributed by atoms with Crippen LogP contribution in [0.3, 0.4) is 0 Å². The highest BCUT2D eigenvalue weighted by molar-refractivity contribution is 7.90. The van der Waals surface area contributed by atoms with Crippen LogP contribution in [0.4, 0.5) is 5.69 Å². The summed E-state index contributed by atoms with van der Waals surface area (Å²) < 4.78 is 28.8. The van der Waals surface area contributed by atoms with Gasteiger partial charge in [-0.3, -0.25) is 14.9 Å². The van der Waals surface area contributed by atoms with Crippen LogP contribution in [0.25, 0.3) is 16.6 Å². The average Bonchev–Trinajstić information content (AvgIpc) is 3.28. The van der Waals surface area contributed by atoms with E-state index < -0.39 is 14.8 Å². The van der Waals surface area contributed by atoms with Crippen molar-refractivity contribution >= 4 is 32.3 Å². The number of benzene rings is 3. The molecule has 0 radical (unpaired) electrons. The number of fused-ring (bicyclic) bond motifs is 1. The van der Waals surface area contributed by atoms with Crippen LogP contribution < -0.4 is 0 Å². The highest BCUT2D eigenvalue weighted by atomic mass is 32.2. The molecule has 36 heavy (non-hydrogen) atoms. The summed E-state index contributed by atoms with van der Waals surface area (Å²) in [6.07, 6.45) is 2.73. The Morgan fingerprint density at radius 3 is 2.22 bits per heavy atom. The summed E-state index contributed by atoms with van der Waals surface area (Å²) in [6, 6.07) is 19.8. The first-order valence-electron chi connectivity index (χ1n) is 11.7. The maximum absolute atomic E-state index is 13.7. The SMILES string of the molecule is O=C(c1nn(-c2ccccc2)c2cc([N+](=O)[O-])cc(S(=O)(=O)Cc3ccccc3)c12)N1CCCCC1. The first-order chi connectivity index (χ1) is 17.3. The molecule has 0 spiro atoms. The smallest absolute Gasteiger partial charge is 0.275 e. The fourth-order valence-electron chi connectivity index (χ4n) is 4.58. The van der Waals surface area contributed by atoms with Crippen molar-refractivity contribution in [2.75, 3.05) is 13.1 Å². The van der Waals surface area contributed by atoms with Crippen LogP contribution in [-0.2, 0) is 15.6 Å². The minimum absolute atomic E-state index is 0.0164. The number of para-hydroxylation sites is 1. The molecule has 9 nitrogen and oxygen atoms in total. The van der Waals surface area contributed by atoms with Crippen molar-refractivity contribution in [2.45, 2.75) is 29.9 Å². The molecule has 0 unspecified atom stereocenters. The second-order valence-electron chi connectivity index (χ2n) is 8.79. The lowest BCUT2D eigenvalue weighted by Crippen LogP contribution is -2.36. The van der Waals surface area contributed by atoms with E-state index in [1.807, 2.05) is 6.07 Å². The zero-order valence-electron chi connectivity index (χ0n) is 19.4. The average molecular weight is 505 g/mol. The number of nitro benzene ring substituents is 1. The van der Waals surface area contributed by atoms with Gasteiger partial charge in [0.25, 0.3) is 11.6 Å². The molecule has 1 saturated heterocycles. The Kier molecular flexibility index (Phi) is 6.27. The molecule has 184 valence electrons. The molecule has 1 fully saturated rings. The van der Waals surface area contributed by atoms with Gasteiger partial charge in [-0.2, -0.15) is 5.10 Å². The van der Waals surface area contributed by atoms with Gasteiger partial charge in [0.05, 0.1) is 32.2 Å². The third-order valence-corrected chi connectivity index (χ3v) is 8.03. The molecule has 0 saturated carbocycles. The molecule has 3 aromatic carbocycles. The van der Waals surface area contributed by atoms with Gasteiger partial charge < -0.3 is 4.90 Å². The number of amides is 1.